The second kappa shape index (κ2) is 7.17. The Hall–Kier alpha value is -2.82. The van der Waals surface area contributed by atoms with E-state index >= 15 is 0 Å². The molecular weight excluding hydrogens is 304 g/mol. The Morgan fingerprint density at radius 1 is 1.17 bits per heavy atom. The zero-order valence-corrected chi connectivity index (χ0v) is 13.9. The number of amides is 1. The monoisotopic (exact) mass is 324 g/mol. The molecule has 0 bridgehead atoms. The van der Waals surface area contributed by atoms with Crippen LogP contribution in [-0.2, 0) is 17.8 Å². The van der Waals surface area contributed by atoms with Crippen molar-refractivity contribution in [2.75, 3.05) is 13.7 Å². The number of fused-ring (bicyclic) bond motifs is 1. The van der Waals surface area contributed by atoms with E-state index in [1.165, 1.54) is 0 Å². The molecule has 5 heteroatoms. The Balaban J connectivity index is 1.64. The first-order valence-corrected chi connectivity index (χ1v) is 7.96. The SMILES string of the molecule is CCOc1ccc(CN(C)C(=O)Cc2noc3ccccc23)cc1. The summed E-state index contributed by atoms with van der Waals surface area (Å²) in [6, 6.07) is 15.3. The van der Waals surface area contributed by atoms with Crippen LogP contribution in [0.4, 0.5) is 0 Å². The third-order valence-corrected chi connectivity index (χ3v) is 3.85. The highest BCUT2D eigenvalue weighted by atomic mass is 16.5. The summed E-state index contributed by atoms with van der Waals surface area (Å²) < 4.78 is 10.7. The van der Waals surface area contributed by atoms with Crippen LogP contribution in [0, 0.1) is 0 Å². The molecule has 24 heavy (non-hydrogen) atoms. The number of benzene rings is 2. The summed E-state index contributed by atoms with van der Waals surface area (Å²) in [6.07, 6.45) is 0.227. The molecule has 1 amide bonds. The highest BCUT2D eigenvalue weighted by molar-refractivity contribution is 5.86. The molecule has 1 aromatic heterocycles. The number of likely N-dealkylation sites (N-methyl/N-ethyl adjacent to an activating group) is 1. The molecule has 0 spiro atoms. The molecule has 0 aliphatic carbocycles. The number of carbonyl (C=O) groups is 1. The highest BCUT2D eigenvalue weighted by Gasteiger charge is 2.15. The van der Waals surface area contributed by atoms with Crippen LogP contribution in [0.25, 0.3) is 11.0 Å². The van der Waals surface area contributed by atoms with Gasteiger partial charge in [0.2, 0.25) is 5.91 Å². The molecule has 0 atom stereocenters. The van der Waals surface area contributed by atoms with Gasteiger partial charge in [-0.1, -0.05) is 29.4 Å². The number of ether oxygens (including phenoxy) is 1. The van der Waals surface area contributed by atoms with E-state index in [0.717, 1.165) is 16.7 Å². The van der Waals surface area contributed by atoms with Gasteiger partial charge in [-0.05, 0) is 36.8 Å². The number of aromatic nitrogens is 1. The van der Waals surface area contributed by atoms with E-state index < -0.39 is 0 Å². The van der Waals surface area contributed by atoms with Crippen molar-refractivity contribution < 1.29 is 14.1 Å². The fourth-order valence-corrected chi connectivity index (χ4v) is 2.56. The maximum absolute atomic E-state index is 12.4. The number of rotatable bonds is 6. The molecule has 1 heterocycles. The molecule has 124 valence electrons. The minimum absolute atomic E-state index is 0.00272. The summed E-state index contributed by atoms with van der Waals surface area (Å²) in [5.41, 5.74) is 2.43. The molecule has 0 fully saturated rings. The van der Waals surface area contributed by atoms with Gasteiger partial charge in [-0.25, -0.2) is 0 Å². The Labute approximate surface area is 140 Å². The smallest absolute Gasteiger partial charge is 0.228 e. The lowest BCUT2D eigenvalue weighted by atomic mass is 10.1. The lowest BCUT2D eigenvalue weighted by molar-refractivity contribution is -0.129. The van der Waals surface area contributed by atoms with Crippen molar-refractivity contribution >= 4 is 16.9 Å². The summed E-state index contributed by atoms with van der Waals surface area (Å²) in [5, 5.41) is 4.91. The lowest BCUT2D eigenvalue weighted by Crippen LogP contribution is -2.27. The van der Waals surface area contributed by atoms with Gasteiger partial charge in [-0.15, -0.1) is 0 Å². The quantitative estimate of drug-likeness (QED) is 0.697. The van der Waals surface area contributed by atoms with Gasteiger partial charge in [0.1, 0.15) is 11.4 Å². The van der Waals surface area contributed by atoms with Gasteiger partial charge >= 0.3 is 0 Å². The van der Waals surface area contributed by atoms with Crippen molar-refractivity contribution in [3.05, 3.63) is 59.8 Å². The van der Waals surface area contributed by atoms with Crippen LogP contribution in [0.5, 0.6) is 5.75 Å². The predicted octanol–water partition coefficient (Wildman–Crippen LogP) is 3.43. The van der Waals surface area contributed by atoms with Crippen molar-refractivity contribution in [3.8, 4) is 5.75 Å². The predicted molar refractivity (Wildman–Crippen MR) is 91.8 cm³/mol. The molecule has 2 aromatic carbocycles. The van der Waals surface area contributed by atoms with Crippen LogP contribution in [-0.4, -0.2) is 29.6 Å². The molecule has 0 saturated carbocycles. The summed E-state index contributed by atoms with van der Waals surface area (Å²) in [6.45, 7) is 3.14. The van der Waals surface area contributed by atoms with E-state index in [0.29, 0.717) is 24.4 Å². The number of nitrogens with zero attached hydrogens (tertiary/aromatic N) is 2. The molecule has 0 aliphatic heterocycles. The van der Waals surface area contributed by atoms with Crippen molar-refractivity contribution in [3.63, 3.8) is 0 Å². The summed E-state index contributed by atoms with van der Waals surface area (Å²) >= 11 is 0. The van der Waals surface area contributed by atoms with Crippen LogP contribution >= 0.6 is 0 Å². The zero-order chi connectivity index (χ0) is 16.9. The average Bonchev–Trinajstić information content (AvgIpc) is 3.00. The summed E-state index contributed by atoms with van der Waals surface area (Å²) in [7, 11) is 1.79. The lowest BCUT2D eigenvalue weighted by Gasteiger charge is -2.17. The van der Waals surface area contributed by atoms with Gasteiger partial charge in [0.05, 0.1) is 13.0 Å². The first-order valence-electron chi connectivity index (χ1n) is 7.96. The number of carbonyl (C=O) groups excluding carboxylic acids is 1. The van der Waals surface area contributed by atoms with Gasteiger partial charge in [-0.3, -0.25) is 4.79 Å². The van der Waals surface area contributed by atoms with Gasteiger partial charge in [0.15, 0.2) is 5.58 Å². The van der Waals surface area contributed by atoms with Gasteiger partial charge in [0.25, 0.3) is 0 Å². The van der Waals surface area contributed by atoms with Crippen molar-refractivity contribution in [1.29, 1.82) is 0 Å². The zero-order valence-electron chi connectivity index (χ0n) is 13.9. The maximum Gasteiger partial charge on any atom is 0.228 e. The Kier molecular flexibility index (Phi) is 4.79. The van der Waals surface area contributed by atoms with Crippen LogP contribution in [0.15, 0.2) is 53.1 Å². The van der Waals surface area contributed by atoms with Crippen molar-refractivity contribution in [2.24, 2.45) is 0 Å². The molecule has 0 unspecified atom stereocenters. The largest absolute Gasteiger partial charge is 0.494 e. The van der Waals surface area contributed by atoms with E-state index in [9.17, 15) is 4.79 Å². The molecule has 3 rings (SSSR count). The van der Waals surface area contributed by atoms with E-state index in [4.69, 9.17) is 9.26 Å². The van der Waals surface area contributed by atoms with E-state index in [1.54, 1.807) is 11.9 Å². The second-order valence-corrected chi connectivity index (χ2v) is 5.63. The summed E-state index contributed by atoms with van der Waals surface area (Å²) in [4.78, 5) is 14.1. The first kappa shape index (κ1) is 16.1. The molecule has 0 saturated heterocycles. The van der Waals surface area contributed by atoms with Crippen LogP contribution in [0.1, 0.15) is 18.2 Å². The first-order chi connectivity index (χ1) is 11.7. The Bertz CT molecular complexity index is 824. The van der Waals surface area contributed by atoms with Gasteiger partial charge in [-0.2, -0.15) is 0 Å². The number of hydrogen-bond acceptors (Lipinski definition) is 4. The molecule has 5 nitrogen and oxygen atoms in total. The average molecular weight is 324 g/mol. The fraction of sp³-hybridized carbons (Fsp3) is 0.263. The second-order valence-electron chi connectivity index (χ2n) is 5.63. The van der Waals surface area contributed by atoms with Gasteiger partial charge in [0, 0.05) is 19.0 Å². The third kappa shape index (κ3) is 3.56. The highest BCUT2D eigenvalue weighted by Crippen LogP contribution is 2.19. The molecular formula is C19H20N2O3. The molecule has 0 N–H and O–H groups in total. The minimum Gasteiger partial charge on any atom is -0.494 e. The van der Waals surface area contributed by atoms with E-state index in [1.807, 2.05) is 55.5 Å². The van der Waals surface area contributed by atoms with Crippen LogP contribution < -0.4 is 4.74 Å². The number of para-hydroxylation sites is 1. The van der Waals surface area contributed by atoms with E-state index in [-0.39, 0.29) is 12.3 Å². The maximum atomic E-state index is 12.4. The van der Waals surface area contributed by atoms with Crippen LogP contribution in [0.2, 0.25) is 0 Å². The normalized spacial score (nSPS) is 10.8. The topological polar surface area (TPSA) is 55.6 Å². The summed E-state index contributed by atoms with van der Waals surface area (Å²) in [5.74, 6) is 0.840. The minimum atomic E-state index is 0.00272. The fourth-order valence-electron chi connectivity index (χ4n) is 2.56. The Morgan fingerprint density at radius 3 is 2.67 bits per heavy atom. The molecule has 3 aromatic rings. The molecule has 0 aliphatic rings. The standard InChI is InChI=1S/C19H20N2O3/c1-3-23-15-10-8-14(9-11-15)13-21(2)19(22)12-17-16-6-4-5-7-18(16)24-20-17/h4-11H,3,12-13H2,1-2H3. The van der Waals surface area contributed by atoms with Crippen LogP contribution in [0.3, 0.4) is 0 Å². The van der Waals surface area contributed by atoms with Gasteiger partial charge < -0.3 is 14.2 Å². The molecule has 0 radical (unpaired) electrons. The third-order valence-electron chi connectivity index (χ3n) is 3.85. The Morgan fingerprint density at radius 2 is 1.92 bits per heavy atom. The van der Waals surface area contributed by atoms with E-state index in [2.05, 4.69) is 5.16 Å². The number of hydrogen-bond donors (Lipinski definition) is 0. The van der Waals surface area contributed by atoms with Crippen molar-refractivity contribution in [2.45, 2.75) is 19.9 Å². The van der Waals surface area contributed by atoms with Crippen molar-refractivity contribution in [1.82, 2.24) is 10.1 Å².